The van der Waals surface area contributed by atoms with Crippen molar-refractivity contribution in [1.82, 2.24) is 0 Å². The number of benzene rings is 2. The van der Waals surface area contributed by atoms with Gasteiger partial charge in [0.15, 0.2) is 0 Å². The van der Waals surface area contributed by atoms with Crippen LogP contribution in [0.5, 0.6) is 0 Å². The molecule has 0 amide bonds. The number of aryl methyl sites for hydroxylation is 4. The summed E-state index contributed by atoms with van der Waals surface area (Å²) in [6, 6.07) is 17.7. The van der Waals surface area contributed by atoms with Gasteiger partial charge in [-0.05, 0) is 68.0 Å². The van der Waals surface area contributed by atoms with E-state index in [1.165, 1.54) is 22.3 Å². The third kappa shape index (κ3) is 19.2. The highest BCUT2D eigenvalue weighted by molar-refractivity contribution is 5.52. The van der Waals surface area contributed by atoms with Gasteiger partial charge in [-0.15, -0.1) is 0 Å². The van der Waals surface area contributed by atoms with E-state index < -0.39 is 0 Å². The van der Waals surface area contributed by atoms with Gasteiger partial charge in [0.1, 0.15) is 0 Å². The lowest BCUT2D eigenvalue weighted by Gasteiger charge is -1.97. The van der Waals surface area contributed by atoms with Crippen molar-refractivity contribution in [1.29, 1.82) is 0 Å². The number of nitrogens with zero attached hydrogens (tertiary/aromatic N) is 1. The van der Waals surface area contributed by atoms with Crippen molar-refractivity contribution in [3.63, 3.8) is 0 Å². The second-order valence-electron chi connectivity index (χ2n) is 5.80. The van der Waals surface area contributed by atoms with Crippen LogP contribution in [0.1, 0.15) is 93.5 Å². The van der Waals surface area contributed by atoms with Crippen LogP contribution in [-0.2, 0) is 25.7 Å². The average molecular weight is 404 g/mol. The zero-order valence-electron chi connectivity index (χ0n) is 17.2. The van der Waals surface area contributed by atoms with E-state index in [1.54, 1.807) is 6.21 Å². The maximum Gasteiger partial charge on any atom is 0.0356 e. The fourth-order valence-electron chi connectivity index (χ4n) is 2.20. The summed E-state index contributed by atoms with van der Waals surface area (Å²) in [7, 11) is 0. The Morgan fingerprint density at radius 1 is 0.517 bits per heavy atom. The molecule has 2 rings (SSSR count). The monoisotopic (exact) mass is 403 g/mol. The van der Waals surface area contributed by atoms with Gasteiger partial charge in [0, 0.05) is 6.54 Å². The van der Waals surface area contributed by atoms with E-state index in [2.05, 4.69) is 81.2 Å². The predicted molar refractivity (Wildman–Crippen MR) is 142 cm³/mol. The summed E-state index contributed by atoms with van der Waals surface area (Å²) < 4.78 is 0. The van der Waals surface area contributed by atoms with Crippen molar-refractivity contribution in [2.24, 2.45) is 4.99 Å². The van der Waals surface area contributed by atoms with Crippen LogP contribution >= 0.6 is 0 Å². The molecule has 0 saturated carbocycles. The summed E-state index contributed by atoms with van der Waals surface area (Å²) in [4.78, 5) is 3.85. The number of hydrogen-bond donors (Lipinski definition) is 0. The van der Waals surface area contributed by atoms with Gasteiger partial charge in [0.25, 0.3) is 0 Å². The molecule has 0 heterocycles. The molecule has 0 bridgehead atoms. The molecule has 0 aliphatic carbocycles. The fourth-order valence-corrected chi connectivity index (χ4v) is 2.20. The first kappa shape index (κ1) is 37.8. The highest BCUT2D eigenvalue weighted by Gasteiger charge is 1.89. The molecule has 1 heteroatoms. The molecular formula is C28H53N. The van der Waals surface area contributed by atoms with Crippen LogP contribution in [0.3, 0.4) is 0 Å². The van der Waals surface area contributed by atoms with E-state index >= 15 is 0 Å². The average Bonchev–Trinajstić information content (AvgIpc) is 2.69. The number of aliphatic imine (C=N–C) groups is 1. The molecule has 2 aromatic rings. The number of rotatable bonds is 5. The summed E-state index contributed by atoms with van der Waals surface area (Å²) in [5, 5.41) is 0. The standard InChI is InChI=1S/2C10H14.C4H9N.4CH4/c2*1-3-9-5-7-10(4-2)8-6-9;1-3-5-4-2;;;;/h2*5-8H,3-4H2,1-2H3;3H,4H2,1-2H3;4*1H4. The van der Waals surface area contributed by atoms with Crippen molar-refractivity contribution < 1.29 is 0 Å². The molecule has 0 unspecified atom stereocenters. The van der Waals surface area contributed by atoms with Crippen LogP contribution in [0.2, 0.25) is 0 Å². The Morgan fingerprint density at radius 2 is 0.724 bits per heavy atom. The molecule has 1 nitrogen and oxygen atoms in total. The van der Waals surface area contributed by atoms with Gasteiger partial charge in [0.2, 0.25) is 0 Å². The molecule has 0 aromatic heterocycles. The first-order valence-electron chi connectivity index (χ1n) is 9.74. The zero-order chi connectivity index (χ0) is 18.9. The lowest BCUT2D eigenvalue weighted by atomic mass is 10.1. The van der Waals surface area contributed by atoms with E-state index in [1.807, 2.05) is 13.8 Å². The van der Waals surface area contributed by atoms with Crippen LogP contribution in [0.15, 0.2) is 53.5 Å². The topological polar surface area (TPSA) is 12.4 Å². The Labute approximate surface area is 185 Å². The van der Waals surface area contributed by atoms with E-state index in [0.29, 0.717) is 0 Å². The Kier molecular flexibility index (Phi) is 34.0. The maximum absolute atomic E-state index is 3.85. The van der Waals surface area contributed by atoms with E-state index in [4.69, 9.17) is 0 Å². The van der Waals surface area contributed by atoms with E-state index in [0.717, 1.165) is 32.2 Å². The summed E-state index contributed by atoms with van der Waals surface area (Å²) >= 11 is 0. The SMILES string of the molecule is C.C.C.C.CC=NCC.CCc1ccc(CC)cc1.CCc1ccc(CC)cc1. The number of hydrogen-bond acceptors (Lipinski definition) is 1. The highest BCUT2D eigenvalue weighted by Crippen LogP contribution is 2.05. The van der Waals surface area contributed by atoms with Gasteiger partial charge in [-0.3, -0.25) is 4.99 Å². The zero-order valence-corrected chi connectivity index (χ0v) is 17.2. The smallest absolute Gasteiger partial charge is 0.0356 e. The largest absolute Gasteiger partial charge is 0.298 e. The first-order valence-corrected chi connectivity index (χ1v) is 9.74. The van der Waals surface area contributed by atoms with E-state index in [9.17, 15) is 0 Å². The molecule has 0 aliphatic rings. The Bertz CT molecular complexity index is 456. The molecule has 0 spiro atoms. The molecular weight excluding hydrogens is 350 g/mol. The lowest BCUT2D eigenvalue weighted by molar-refractivity contribution is 1.10. The Morgan fingerprint density at radius 3 is 0.793 bits per heavy atom. The van der Waals surface area contributed by atoms with Crippen LogP contribution in [0.25, 0.3) is 0 Å². The van der Waals surface area contributed by atoms with Crippen LogP contribution in [-0.4, -0.2) is 12.8 Å². The highest BCUT2D eigenvalue weighted by atomic mass is 14.7. The van der Waals surface area contributed by atoms with Crippen molar-refractivity contribution in [3.05, 3.63) is 70.8 Å². The van der Waals surface area contributed by atoms with Gasteiger partial charge >= 0.3 is 0 Å². The molecule has 0 atom stereocenters. The minimum absolute atomic E-state index is 0. The quantitative estimate of drug-likeness (QED) is 0.441. The first-order chi connectivity index (χ1) is 12.1. The molecule has 0 radical (unpaired) electrons. The van der Waals surface area contributed by atoms with Gasteiger partial charge < -0.3 is 0 Å². The van der Waals surface area contributed by atoms with Crippen molar-refractivity contribution in [2.75, 3.05) is 6.54 Å². The summed E-state index contributed by atoms with van der Waals surface area (Å²) in [5.74, 6) is 0. The summed E-state index contributed by atoms with van der Waals surface area (Å²) in [6.07, 6.45) is 6.38. The summed E-state index contributed by atoms with van der Waals surface area (Å²) in [5.41, 5.74) is 5.71. The van der Waals surface area contributed by atoms with Gasteiger partial charge in [-0.1, -0.05) is 106 Å². The van der Waals surface area contributed by atoms with Crippen molar-refractivity contribution >= 4 is 6.21 Å². The van der Waals surface area contributed by atoms with Gasteiger partial charge in [-0.2, -0.15) is 0 Å². The molecule has 170 valence electrons. The second-order valence-corrected chi connectivity index (χ2v) is 5.80. The summed E-state index contributed by atoms with van der Waals surface area (Å²) in [6.45, 7) is 13.6. The van der Waals surface area contributed by atoms with Crippen molar-refractivity contribution in [3.8, 4) is 0 Å². The molecule has 0 N–H and O–H groups in total. The lowest BCUT2D eigenvalue weighted by Crippen LogP contribution is -1.81. The van der Waals surface area contributed by atoms with Gasteiger partial charge in [0.05, 0.1) is 0 Å². The third-order valence-electron chi connectivity index (χ3n) is 4.04. The van der Waals surface area contributed by atoms with Crippen LogP contribution in [0.4, 0.5) is 0 Å². The van der Waals surface area contributed by atoms with E-state index in [-0.39, 0.29) is 29.7 Å². The van der Waals surface area contributed by atoms with Crippen LogP contribution in [0, 0.1) is 0 Å². The molecule has 0 saturated heterocycles. The maximum atomic E-state index is 3.85. The third-order valence-corrected chi connectivity index (χ3v) is 4.04. The minimum atomic E-state index is 0. The van der Waals surface area contributed by atoms with Crippen molar-refractivity contribution in [2.45, 2.75) is 96.9 Å². The minimum Gasteiger partial charge on any atom is -0.298 e. The second kappa shape index (κ2) is 26.1. The van der Waals surface area contributed by atoms with Crippen LogP contribution < -0.4 is 0 Å². The molecule has 29 heavy (non-hydrogen) atoms. The van der Waals surface area contributed by atoms with Gasteiger partial charge in [-0.25, -0.2) is 0 Å². The Hall–Kier alpha value is -1.89. The molecule has 0 aliphatic heterocycles. The predicted octanol–water partition coefficient (Wildman–Crippen LogP) is 9.26. The molecule has 2 aromatic carbocycles. The fraction of sp³-hybridized carbons (Fsp3) is 0.536. The normalized spacial score (nSPS) is 8.48. The Balaban J connectivity index is -0.0000000975. The molecule has 0 fully saturated rings.